The van der Waals surface area contributed by atoms with Crippen LogP contribution in [0, 0.1) is 0 Å². The Morgan fingerprint density at radius 3 is 1.56 bits per heavy atom. The molecule has 3 aliphatic heterocycles. The maximum atomic E-state index is 12.2. The zero-order valence-corrected chi connectivity index (χ0v) is 33.1. The molecule has 310 valence electrons. The van der Waals surface area contributed by atoms with Crippen LogP contribution in [0.1, 0.15) is 34.1 Å². The number of hydrogen-bond acceptors (Lipinski definition) is 11. The smallest absolute Gasteiger partial charge is 0.187 e. The Balaban J connectivity index is 1.11. The summed E-state index contributed by atoms with van der Waals surface area (Å²) in [6, 6.07) is 49.1. The minimum Gasteiger partial charge on any atom is -0.387 e. The van der Waals surface area contributed by atoms with E-state index in [9.17, 15) is 5.11 Å². The van der Waals surface area contributed by atoms with E-state index in [1.807, 2.05) is 152 Å². The van der Waals surface area contributed by atoms with Crippen molar-refractivity contribution in [2.75, 3.05) is 20.3 Å². The molecule has 1 unspecified atom stereocenters. The third-order valence-corrected chi connectivity index (χ3v) is 10.7. The first-order chi connectivity index (χ1) is 29.1. The summed E-state index contributed by atoms with van der Waals surface area (Å²) in [6.45, 7) is 1.33. The average Bonchev–Trinajstić information content (AvgIpc) is 3.29. The molecule has 5 aromatic carbocycles. The summed E-state index contributed by atoms with van der Waals surface area (Å²) in [5, 5.41) is 12.2. The highest BCUT2D eigenvalue weighted by atomic mass is 16.8. The van der Waals surface area contributed by atoms with E-state index >= 15 is 0 Å². The van der Waals surface area contributed by atoms with Gasteiger partial charge in [-0.1, -0.05) is 152 Å². The number of aliphatic hydroxyl groups is 1. The number of hydrogen-bond donors (Lipinski definition) is 1. The van der Waals surface area contributed by atoms with Gasteiger partial charge in [-0.3, -0.25) is 0 Å². The minimum absolute atomic E-state index is 0.123. The van der Waals surface area contributed by atoms with Crippen LogP contribution >= 0.6 is 0 Å². The van der Waals surface area contributed by atoms with Crippen LogP contribution in [-0.2, 0) is 73.8 Å². The molecule has 0 amide bonds. The van der Waals surface area contributed by atoms with Crippen molar-refractivity contribution in [2.45, 2.75) is 94.1 Å². The second kappa shape index (κ2) is 20.8. The van der Waals surface area contributed by atoms with E-state index in [-0.39, 0.29) is 33.0 Å². The lowest BCUT2D eigenvalue weighted by Gasteiger charge is -2.50. The SMILES string of the molecule is CO[C@@H]1O[C@H](COCc2ccccc2)[C@@H](O[C@@H]2O[C@@H]3COC(c4ccccc4)O[C@H]3[C@H](O)[C@@H]2OCc2ccccc2)[C@H](OCc2ccccc2)[C@@H]1OCc1ccccc1. The van der Waals surface area contributed by atoms with Gasteiger partial charge in [0.15, 0.2) is 18.9 Å². The van der Waals surface area contributed by atoms with E-state index in [4.69, 9.17) is 47.4 Å². The first-order valence-corrected chi connectivity index (χ1v) is 20.2. The lowest BCUT2D eigenvalue weighted by atomic mass is 9.95. The van der Waals surface area contributed by atoms with E-state index in [0.717, 1.165) is 27.8 Å². The largest absolute Gasteiger partial charge is 0.387 e. The first kappa shape index (κ1) is 41.4. The summed E-state index contributed by atoms with van der Waals surface area (Å²) >= 11 is 0. The van der Waals surface area contributed by atoms with Gasteiger partial charge in [-0.2, -0.15) is 0 Å². The highest BCUT2D eigenvalue weighted by Crippen LogP contribution is 2.38. The molecule has 0 bridgehead atoms. The molecular formula is C48H52O11. The van der Waals surface area contributed by atoms with Crippen molar-refractivity contribution in [3.63, 3.8) is 0 Å². The quantitative estimate of drug-likeness (QED) is 0.106. The Hall–Kier alpha value is -4.34. The fraction of sp³-hybridized carbons (Fsp3) is 0.375. The number of methoxy groups -OCH3 is 1. The molecule has 0 radical (unpaired) electrons. The summed E-state index contributed by atoms with van der Waals surface area (Å²) in [5.41, 5.74) is 4.70. The topological polar surface area (TPSA) is 113 Å². The lowest BCUT2D eigenvalue weighted by molar-refractivity contribution is -0.393. The fourth-order valence-corrected chi connectivity index (χ4v) is 7.69. The van der Waals surface area contributed by atoms with Crippen molar-refractivity contribution >= 4 is 0 Å². The van der Waals surface area contributed by atoms with Crippen molar-refractivity contribution in [3.8, 4) is 0 Å². The normalized spacial score (nSPS) is 29.4. The summed E-state index contributed by atoms with van der Waals surface area (Å²) in [5.74, 6) is 0. The van der Waals surface area contributed by atoms with E-state index in [2.05, 4.69) is 0 Å². The van der Waals surface area contributed by atoms with Gasteiger partial charge in [-0.25, -0.2) is 0 Å². The molecule has 59 heavy (non-hydrogen) atoms. The zero-order valence-electron chi connectivity index (χ0n) is 33.1. The lowest BCUT2D eigenvalue weighted by Crippen LogP contribution is -2.66. The Labute approximate surface area is 345 Å². The van der Waals surface area contributed by atoms with Gasteiger partial charge in [-0.15, -0.1) is 0 Å². The van der Waals surface area contributed by atoms with Crippen LogP contribution in [0.2, 0.25) is 0 Å². The van der Waals surface area contributed by atoms with Crippen LogP contribution in [0.5, 0.6) is 0 Å². The highest BCUT2D eigenvalue weighted by Gasteiger charge is 2.55. The van der Waals surface area contributed by atoms with Gasteiger partial charge in [0.2, 0.25) is 0 Å². The van der Waals surface area contributed by atoms with Crippen molar-refractivity contribution in [1.29, 1.82) is 0 Å². The average molecular weight is 805 g/mol. The van der Waals surface area contributed by atoms with E-state index in [1.165, 1.54) is 0 Å². The van der Waals surface area contributed by atoms with Crippen LogP contribution in [0.4, 0.5) is 0 Å². The molecule has 0 spiro atoms. The molecule has 0 aromatic heterocycles. The fourth-order valence-electron chi connectivity index (χ4n) is 7.69. The molecular weight excluding hydrogens is 753 g/mol. The summed E-state index contributed by atoms with van der Waals surface area (Å²) in [4.78, 5) is 0. The Bertz CT molecular complexity index is 1940. The molecule has 1 N–H and O–H groups in total. The van der Waals surface area contributed by atoms with Crippen molar-refractivity contribution in [2.24, 2.45) is 0 Å². The molecule has 3 aliphatic rings. The van der Waals surface area contributed by atoms with Crippen LogP contribution in [0.3, 0.4) is 0 Å². The number of fused-ring (bicyclic) bond motifs is 1. The third kappa shape index (κ3) is 10.7. The van der Waals surface area contributed by atoms with Gasteiger partial charge in [0.1, 0.15) is 48.8 Å². The Kier molecular flexibility index (Phi) is 14.6. The molecule has 11 atom stereocenters. The van der Waals surface area contributed by atoms with Gasteiger partial charge in [-0.05, 0) is 22.3 Å². The van der Waals surface area contributed by atoms with Gasteiger partial charge in [0, 0.05) is 12.7 Å². The molecule has 0 aliphatic carbocycles. The Morgan fingerprint density at radius 1 is 0.525 bits per heavy atom. The predicted octanol–water partition coefficient (Wildman–Crippen LogP) is 6.92. The number of ether oxygens (including phenoxy) is 10. The molecule has 11 heteroatoms. The molecule has 3 saturated heterocycles. The highest BCUT2D eigenvalue weighted by molar-refractivity contribution is 5.18. The minimum atomic E-state index is -1.16. The first-order valence-electron chi connectivity index (χ1n) is 20.2. The zero-order chi connectivity index (χ0) is 40.2. The van der Waals surface area contributed by atoms with Crippen LogP contribution in [0.25, 0.3) is 0 Å². The van der Waals surface area contributed by atoms with Gasteiger partial charge < -0.3 is 52.5 Å². The van der Waals surface area contributed by atoms with Crippen LogP contribution in [0.15, 0.2) is 152 Å². The standard InChI is InChI=1S/C48H52O11/c1-50-47-45(54-30-36-23-13-5-14-24-36)44(53-29-35-21-11-4-12-22-35)42(38(56-47)31-51-27-33-17-7-2-8-18-33)59-48-43(52-28-34-19-9-3-10-20-34)40(49)41-39(57-48)32-55-46(58-41)37-25-15-6-16-26-37/h2-26,38-49H,27-32H2,1H3/t38-,39-,40+,41-,42-,43+,44+,45+,46?,47-,48+/m1/s1. The van der Waals surface area contributed by atoms with Crippen LogP contribution < -0.4 is 0 Å². The van der Waals surface area contributed by atoms with Crippen molar-refractivity contribution < 1.29 is 52.5 Å². The van der Waals surface area contributed by atoms with Gasteiger partial charge >= 0.3 is 0 Å². The van der Waals surface area contributed by atoms with E-state index in [0.29, 0.717) is 6.61 Å². The molecule has 5 aromatic rings. The molecule has 11 nitrogen and oxygen atoms in total. The van der Waals surface area contributed by atoms with Crippen molar-refractivity contribution in [1.82, 2.24) is 0 Å². The van der Waals surface area contributed by atoms with Crippen LogP contribution in [-0.4, -0.2) is 86.8 Å². The second-order valence-corrected chi connectivity index (χ2v) is 14.9. The molecule has 3 heterocycles. The molecule has 8 rings (SSSR count). The summed E-state index contributed by atoms with van der Waals surface area (Å²) in [6.07, 6.45) is -9.34. The monoisotopic (exact) mass is 804 g/mol. The van der Waals surface area contributed by atoms with E-state index < -0.39 is 67.7 Å². The maximum absolute atomic E-state index is 12.2. The summed E-state index contributed by atoms with van der Waals surface area (Å²) in [7, 11) is 1.58. The van der Waals surface area contributed by atoms with Crippen molar-refractivity contribution in [3.05, 3.63) is 179 Å². The second-order valence-electron chi connectivity index (χ2n) is 14.9. The number of aliphatic hydroxyl groups excluding tert-OH is 1. The molecule has 0 saturated carbocycles. The maximum Gasteiger partial charge on any atom is 0.187 e. The van der Waals surface area contributed by atoms with Gasteiger partial charge in [0.05, 0.1) is 39.6 Å². The third-order valence-electron chi connectivity index (χ3n) is 10.7. The van der Waals surface area contributed by atoms with E-state index in [1.54, 1.807) is 7.11 Å². The predicted molar refractivity (Wildman–Crippen MR) is 216 cm³/mol. The molecule has 3 fully saturated rings. The van der Waals surface area contributed by atoms with Gasteiger partial charge in [0.25, 0.3) is 0 Å². The summed E-state index contributed by atoms with van der Waals surface area (Å²) < 4.78 is 65.4. The number of benzene rings is 5. The Morgan fingerprint density at radius 2 is 1.02 bits per heavy atom. The number of rotatable bonds is 17.